The summed E-state index contributed by atoms with van der Waals surface area (Å²) >= 11 is 3.41. The number of allylic oxidation sites excluding steroid dienone is 1. The van der Waals surface area contributed by atoms with Crippen molar-refractivity contribution >= 4 is 15.9 Å². The number of halogens is 1. The summed E-state index contributed by atoms with van der Waals surface area (Å²) in [7, 11) is 0. The van der Waals surface area contributed by atoms with Gasteiger partial charge in [-0.15, -0.1) is 0 Å². The molecular weight excluding hydrogens is 216 g/mol. The topological polar surface area (TPSA) is 20.2 Å². The highest BCUT2D eigenvalue weighted by Gasteiger charge is 2.08. The number of aliphatic hydroxyl groups excluding tert-OH is 1. The van der Waals surface area contributed by atoms with Crippen LogP contribution in [-0.2, 0) is 0 Å². The van der Waals surface area contributed by atoms with Gasteiger partial charge in [-0.2, -0.15) is 0 Å². The minimum absolute atomic E-state index is 0.247. The fraction of sp³-hybridized carbons (Fsp3) is 0.800. The molecule has 1 N–H and O–H groups in total. The zero-order valence-electron chi connectivity index (χ0n) is 7.43. The number of rotatable bonds is 0. The maximum Gasteiger partial charge on any atom is 0.0851 e. The van der Waals surface area contributed by atoms with Crippen LogP contribution in [0.3, 0.4) is 0 Å². The molecule has 0 aromatic rings. The summed E-state index contributed by atoms with van der Waals surface area (Å²) in [5.74, 6) is 0. The molecule has 0 aliphatic heterocycles. The lowest BCUT2D eigenvalue weighted by Crippen LogP contribution is -2.06. The predicted octanol–water partition coefficient (Wildman–Crippen LogP) is 3.37. The molecule has 2 heteroatoms. The van der Waals surface area contributed by atoms with Crippen molar-refractivity contribution in [1.29, 1.82) is 0 Å². The minimum atomic E-state index is -0.247. The number of hydrogen-bond acceptors (Lipinski definition) is 1. The Morgan fingerprint density at radius 2 is 1.83 bits per heavy atom. The third kappa shape index (κ3) is 3.72. The van der Waals surface area contributed by atoms with E-state index in [0.29, 0.717) is 0 Å². The monoisotopic (exact) mass is 232 g/mol. The Kier molecular flexibility index (Phi) is 4.93. The molecule has 1 aliphatic carbocycles. The zero-order valence-corrected chi connectivity index (χ0v) is 9.02. The lowest BCUT2D eigenvalue weighted by molar-refractivity contribution is 0.204. The fourth-order valence-electron chi connectivity index (χ4n) is 1.53. The van der Waals surface area contributed by atoms with E-state index in [1.54, 1.807) is 0 Å². The predicted molar refractivity (Wildman–Crippen MR) is 55.3 cm³/mol. The molecular formula is C10H17BrO. The van der Waals surface area contributed by atoms with Crippen LogP contribution in [0.15, 0.2) is 10.6 Å². The van der Waals surface area contributed by atoms with E-state index in [-0.39, 0.29) is 6.10 Å². The van der Waals surface area contributed by atoms with Crippen molar-refractivity contribution in [2.45, 2.75) is 51.0 Å². The molecule has 1 aliphatic rings. The van der Waals surface area contributed by atoms with E-state index in [4.69, 9.17) is 0 Å². The second kappa shape index (κ2) is 5.76. The summed E-state index contributed by atoms with van der Waals surface area (Å²) in [5, 5.41) is 9.58. The van der Waals surface area contributed by atoms with Gasteiger partial charge < -0.3 is 5.11 Å². The van der Waals surface area contributed by atoms with Gasteiger partial charge in [0.05, 0.1) is 6.10 Å². The summed E-state index contributed by atoms with van der Waals surface area (Å²) in [4.78, 5) is 0. The second-order valence-electron chi connectivity index (χ2n) is 3.45. The average Bonchev–Trinajstić information content (AvgIpc) is 2.08. The standard InChI is InChI=1S/C10H17BrO/c11-9-7-5-3-1-2-4-6-8-10(9)12/h7,10,12H,1-6,8H2/b9-7-. The molecule has 0 bridgehead atoms. The van der Waals surface area contributed by atoms with Crippen molar-refractivity contribution in [1.82, 2.24) is 0 Å². The maximum absolute atomic E-state index is 9.58. The third-order valence-electron chi connectivity index (χ3n) is 2.34. The van der Waals surface area contributed by atoms with Gasteiger partial charge in [0.1, 0.15) is 0 Å². The molecule has 0 saturated carbocycles. The molecule has 0 aromatic heterocycles. The Balaban J connectivity index is 2.42. The van der Waals surface area contributed by atoms with E-state index in [9.17, 15) is 5.11 Å². The third-order valence-corrected chi connectivity index (χ3v) is 3.19. The van der Waals surface area contributed by atoms with Gasteiger partial charge >= 0.3 is 0 Å². The molecule has 1 rings (SSSR count). The maximum atomic E-state index is 9.58. The molecule has 12 heavy (non-hydrogen) atoms. The van der Waals surface area contributed by atoms with Crippen molar-refractivity contribution in [3.8, 4) is 0 Å². The van der Waals surface area contributed by atoms with Gasteiger partial charge in [-0.1, -0.05) is 47.7 Å². The molecule has 0 amide bonds. The van der Waals surface area contributed by atoms with Crippen molar-refractivity contribution < 1.29 is 5.11 Å². The Hall–Kier alpha value is 0.180. The largest absolute Gasteiger partial charge is 0.388 e. The number of hydrogen-bond donors (Lipinski definition) is 1. The first kappa shape index (κ1) is 10.3. The Morgan fingerprint density at radius 3 is 2.67 bits per heavy atom. The van der Waals surface area contributed by atoms with Crippen molar-refractivity contribution in [3.63, 3.8) is 0 Å². The van der Waals surface area contributed by atoms with Crippen molar-refractivity contribution in [2.75, 3.05) is 0 Å². The van der Waals surface area contributed by atoms with E-state index in [1.165, 1.54) is 25.7 Å². The van der Waals surface area contributed by atoms with Crippen LogP contribution in [-0.4, -0.2) is 11.2 Å². The molecule has 70 valence electrons. The van der Waals surface area contributed by atoms with E-state index < -0.39 is 0 Å². The van der Waals surface area contributed by atoms with Crippen LogP contribution in [0.5, 0.6) is 0 Å². The van der Waals surface area contributed by atoms with E-state index in [1.807, 2.05) is 0 Å². The van der Waals surface area contributed by atoms with Crippen molar-refractivity contribution in [2.24, 2.45) is 0 Å². The molecule has 1 nitrogen and oxygen atoms in total. The molecule has 0 heterocycles. The van der Waals surface area contributed by atoms with Crippen LogP contribution < -0.4 is 0 Å². The van der Waals surface area contributed by atoms with Gasteiger partial charge in [0.15, 0.2) is 0 Å². The quantitative estimate of drug-likeness (QED) is 0.680. The lowest BCUT2D eigenvalue weighted by Gasteiger charge is -2.11. The van der Waals surface area contributed by atoms with E-state index >= 15 is 0 Å². The van der Waals surface area contributed by atoms with Gasteiger partial charge in [-0.25, -0.2) is 0 Å². The fourth-order valence-corrected chi connectivity index (χ4v) is 1.98. The smallest absolute Gasteiger partial charge is 0.0851 e. The summed E-state index contributed by atoms with van der Waals surface area (Å²) in [6.45, 7) is 0. The summed E-state index contributed by atoms with van der Waals surface area (Å²) in [6.07, 6.45) is 10.3. The highest BCUT2D eigenvalue weighted by Crippen LogP contribution is 2.20. The van der Waals surface area contributed by atoms with Crippen LogP contribution in [0.4, 0.5) is 0 Å². The first-order valence-corrected chi connectivity index (χ1v) is 5.63. The van der Waals surface area contributed by atoms with Gasteiger partial charge in [-0.05, 0) is 19.3 Å². The van der Waals surface area contributed by atoms with Gasteiger partial charge in [0.25, 0.3) is 0 Å². The van der Waals surface area contributed by atoms with E-state index in [0.717, 1.165) is 23.7 Å². The highest BCUT2D eigenvalue weighted by atomic mass is 79.9. The first-order valence-electron chi connectivity index (χ1n) is 4.84. The highest BCUT2D eigenvalue weighted by molar-refractivity contribution is 9.11. The lowest BCUT2D eigenvalue weighted by atomic mass is 10.0. The first-order chi connectivity index (χ1) is 5.80. The van der Waals surface area contributed by atoms with Crippen LogP contribution in [0.1, 0.15) is 44.9 Å². The zero-order chi connectivity index (χ0) is 8.81. The van der Waals surface area contributed by atoms with Gasteiger partial charge in [0, 0.05) is 4.48 Å². The minimum Gasteiger partial charge on any atom is -0.388 e. The van der Waals surface area contributed by atoms with Crippen LogP contribution in [0.25, 0.3) is 0 Å². The van der Waals surface area contributed by atoms with Crippen LogP contribution >= 0.6 is 15.9 Å². The average molecular weight is 233 g/mol. The molecule has 0 fully saturated rings. The summed E-state index contributed by atoms with van der Waals surface area (Å²) < 4.78 is 0.990. The molecule has 0 radical (unpaired) electrons. The number of aliphatic hydroxyl groups is 1. The van der Waals surface area contributed by atoms with Crippen LogP contribution in [0.2, 0.25) is 0 Å². The second-order valence-corrected chi connectivity index (χ2v) is 4.37. The molecule has 0 aromatic carbocycles. The molecule has 1 atom stereocenters. The van der Waals surface area contributed by atoms with Gasteiger partial charge in [0.2, 0.25) is 0 Å². The molecule has 0 spiro atoms. The van der Waals surface area contributed by atoms with Crippen LogP contribution in [0, 0.1) is 0 Å². The molecule has 0 saturated heterocycles. The van der Waals surface area contributed by atoms with Crippen molar-refractivity contribution in [3.05, 3.63) is 10.6 Å². The Bertz CT molecular complexity index is 154. The molecule has 1 unspecified atom stereocenters. The van der Waals surface area contributed by atoms with Gasteiger partial charge in [-0.3, -0.25) is 0 Å². The Labute approximate surface area is 83.0 Å². The normalized spacial score (nSPS) is 32.2. The summed E-state index contributed by atoms with van der Waals surface area (Å²) in [6, 6.07) is 0. The van der Waals surface area contributed by atoms with E-state index in [2.05, 4.69) is 22.0 Å². The summed E-state index contributed by atoms with van der Waals surface area (Å²) in [5.41, 5.74) is 0. The Morgan fingerprint density at radius 1 is 1.17 bits per heavy atom. The SMILES string of the molecule is OC1CCCCCCC/C=C/1Br.